The van der Waals surface area contributed by atoms with E-state index in [0.29, 0.717) is 48.7 Å². The van der Waals surface area contributed by atoms with Gasteiger partial charge in [-0.1, -0.05) is 29.8 Å². The van der Waals surface area contributed by atoms with Gasteiger partial charge in [0.2, 0.25) is 0 Å². The molecule has 4 amide bonds. The normalized spacial score (nSPS) is 13.8. The summed E-state index contributed by atoms with van der Waals surface area (Å²) >= 11 is 0. The number of anilines is 2. The van der Waals surface area contributed by atoms with Crippen LogP contribution < -0.4 is 20.9 Å². The van der Waals surface area contributed by atoms with Gasteiger partial charge in [0.15, 0.2) is 0 Å². The Morgan fingerprint density at radius 3 is 2.24 bits per heavy atom. The highest BCUT2D eigenvalue weighted by Gasteiger charge is 2.25. The van der Waals surface area contributed by atoms with E-state index in [-0.39, 0.29) is 35.7 Å². The van der Waals surface area contributed by atoms with Crippen molar-refractivity contribution in [3.05, 3.63) is 94.8 Å². The first-order valence-electron chi connectivity index (χ1n) is 13.9. The van der Waals surface area contributed by atoms with Gasteiger partial charge in [-0.25, -0.2) is 9.18 Å². The SMILES string of the molecule is Cc1ccc(C(=O)Nc2ccc(N3CCCN(C(=O)NC(C)(C)C)CC3)c(C(=O)NCc3ccc(F)cc3)c2)cc1. The van der Waals surface area contributed by atoms with Crippen LogP contribution in [0, 0.1) is 12.7 Å². The number of urea groups is 1. The van der Waals surface area contributed by atoms with E-state index in [1.165, 1.54) is 12.1 Å². The topological polar surface area (TPSA) is 93.8 Å². The van der Waals surface area contributed by atoms with Crippen molar-refractivity contribution in [1.82, 2.24) is 15.5 Å². The van der Waals surface area contributed by atoms with E-state index in [4.69, 9.17) is 0 Å². The zero-order chi connectivity index (χ0) is 29.6. The number of rotatable bonds is 6. The molecule has 0 spiro atoms. The monoisotopic (exact) mass is 559 g/mol. The van der Waals surface area contributed by atoms with Crippen molar-refractivity contribution in [2.75, 3.05) is 36.4 Å². The fourth-order valence-electron chi connectivity index (χ4n) is 4.62. The van der Waals surface area contributed by atoms with Gasteiger partial charge in [-0.05, 0) is 82.1 Å². The number of amides is 4. The molecule has 1 fully saturated rings. The summed E-state index contributed by atoms with van der Waals surface area (Å²) in [5.74, 6) is -0.932. The molecule has 1 aliphatic heterocycles. The van der Waals surface area contributed by atoms with Gasteiger partial charge in [0.1, 0.15) is 5.82 Å². The first-order valence-corrected chi connectivity index (χ1v) is 13.9. The molecule has 0 radical (unpaired) electrons. The molecule has 0 saturated carbocycles. The van der Waals surface area contributed by atoms with Crippen LogP contribution in [0.2, 0.25) is 0 Å². The number of carbonyl (C=O) groups is 3. The average molecular weight is 560 g/mol. The van der Waals surface area contributed by atoms with Gasteiger partial charge in [-0.2, -0.15) is 0 Å². The Kier molecular flexibility index (Phi) is 9.27. The molecule has 0 aliphatic carbocycles. The molecule has 0 aromatic heterocycles. The summed E-state index contributed by atoms with van der Waals surface area (Å²) in [6.45, 7) is 10.3. The molecule has 1 saturated heterocycles. The van der Waals surface area contributed by atoms with Crippen LogP contribution in [0.5, 0.6) is 0 Å². The van der Waals surface area contributed by atoms with Crippen LogP contribution in [0.3, 0.4) is 0 Å². The Morgan fingerprint density at radius 1 is 0.854 bits per heavy atom. The Labute approximate surface area is 240 Å². The smallest absolute Gasteiger partial charge is 0.317 e. The minimum Gasteiger partial charge on any atom is -0.369 e. The van der Waals surface area contributed by atoms with Gasteiger partial charge in [0.25, 0.3) is 11.8 Å². The summed E-state index contributed by atoms with van der Waals surface area (Å²) in [6.07, 6.45) is 0.736. The Balaban J connectivity index is 1.55. The lowest BCUT2D eigenvalue weighted by atomic mass is 10.1. The number of halogens is 1. The van der Waals surface area contributed by atoms with Gasteiger partial charge >= 0.3 is 6.03 Å². The van der Waals surface area contributed by atoms with E-state index in [1.54, 1.807) is 41.3 Å². The minimum atomic E-state index is -0.342. The maximum atomic E-state index is 13.5. The van der Waals surface area contributed by atoms with Crippen molar-refractivity contribution in [2.45, 2.75) is 46.2 Å². The predicted molar refractivity (Wildman–Crippen MR) is 160 cm³/mol. The lowest BCUT2D eigenvalue weighted by Crippen LogP contribution is -2.49. The molecule has 4 rings (SSSR count). The Bertz CT molecular complexity index is 1380. The molecule has 3 aromatic carbocycles. The second-order valence-corrected chi connectivity index (χ2v) is 11.4. The third-order valence-electron chi connectivity index (χ3n) is 6.78. The molecule has 41 heavy (non-hydrogen) atoms. The van der Waals surface area contributed by atoms with Crippen LogP contribution in [0.4, 0.5) is 20.6 Å². The van der Waals surface area contributed by atoms with Crippen molar-refractivity contribution < 1.29 is 18.8 Å². The molecule has 3 aromatic rings. The molecule has 0 unspecified atom stereocenters. The quantitative estimate of drug-likeness (QED) is 0.380. The lowest BCUT2D eigenvalue weighted by molar-refractivity contribution is 0.0950. The van der Waals surface area contributed by atoms with E-state index in [0.717, 1.165) is 17.5 Å². The van der Waals surface area contributed by atoms with Gasteiger partial charge in [-0.3, -0.25) is 9.59 Å². The summed E-state index contributed by atoms with van der Waals surface area (Å²) in [6, 6.07) is 18.4. The number of carbonyl (C=O) groups excluding carboxylic acids is 3. The number of hydrogen-bond acceptors (Lipinski definition) is 4. The molecular weight excluding hydrogens is 521 g/mol. The zero-order valence-corrected chi connectivity index (χ0v) is 24.1. The third kappa shape index (κ3) is 8.30. The van der Waals surface area contributed by atoms with Gasteiger partial charge in [0, 0.05) is 55.2 Å². The number of nitrogens with zero attached hydrogens (tertiary/aromatic N) is 2. The van der Waals surface area contributed by atoms with Crippen molar-refractivity contribution in [2.24, 2.45) is 0 Å². The second-order valence-electron chi connectivity index (χ2n) is 11.4. The molecule has 216 valence electrons. The first-order chi connectivity index (χ1) is 19.5. The van der Waals surface area contributed by atoms with Crippen LogP contribution in [0.1, 0.15) is 59.0 Å². The Hall–Kier alpha value is -4.40. The van der Waals surface area contributed by atoms with E-state index in [1.807, 2.05) is 45.9 Å². The maximum absolute atomic E-state index is 13.5. The Morgan fingerprint density at radius 2 is 1.56 bits per heavy atom. The number of aryl methyl sites for hydroxylation is 1. The molecule has 0 bridgehead atoms. The summed E-state index contributed by atoms with van der Waals surface area (Å²) < 4.78 is 13.3. The highest BCUT2D eigenvalue weighted by atomic mass is 19.1. The fourth-order valence-corrected chi connectivity index (χ4v) is 4.62. The molecular formula is C32H38FN5O3. The average Bonchev–Trinajstić information content (AvgIpc) is 3.18. The van der Waals surface area contributed by atoms with E-state index >= 15 is 0 Å². The second kappa shape index (κ2) is 12.8. The number of nitrogens with one attached hydrogen (secondary N) is 3. The van der Waals surface area contributed by atoms with Crippen LogP contribution in [-0.2, 0) is 6.54 Å². The molecule has 1 heterocycles. The largest absolute Gasteiger partial charge is 0.369 e. The van der Waals surface area contributed by atoms with E-state index < -0.39 is 0 Å². The third-order valence-corrected chi connectivity index (χ3v) is 6.78. The highest BCUT2D eigenvalue weighted by Crippen LogP contribution is 2.27. The number of hydrogen-bond donors (Lipinski definition) is 3. The number of benzene rings is 3. The van der Waals surface area contributed by atoms with Crippen LogP contribution >= 0.6 is 0 Å². The van der Waals surface area contributed by atoms with Crippen LogP contribution in [0.25, 0.3) is 0 Å². The molecule has 1 aliphatic rings. The van der Waals surface area contributed by atoms with Crippen molar-refractivity contribution in [3.8, 4) is 0 Å². The first kappa shape index (κ1) is 29.6. The zero-order valence-electron chi connectivity index (χ0n) is 24.1. The molecule has 8 nitrogen and oxygen atoms in total. The minimum absolute atomic E-state index is 0.106. The molecule has 9 heteroatoms. The fraction of sp³-hybridized carbons (Fsp3) is 0.344. The van der Waals surface area contributed by atoms with Crippen molar-refractivity contribution in [3.63, 3.8) is 0 Å². The van der Waals surface area contributed by atoms with E-state index in [9.17, 15) is 18.8 Å². The highest BCUT2D eigenvalue weighted by molar-refractivity contribution is 6.06. The van der Waals surface area contributed by atoms with Gasteiger partial charge in [0.05, 0.1) is 5.56 Å². The summed E-state index contributed by atoms with van der Waals surface area (Å²) in [5, 5.41) is 8.84. The van der Waals surface area contributed by atoms with Gasteiger partial charge in [-0.15, -0.1) is 0 Å². The lowest BCUT2D eigenvalue weighted by Gasteiger charge is -2.28. The standard InChI is InChI=1S/C32H38FN5O3/c1-22-6-10-24(11-7-22)29(39)35-26-14-15-28(27(20-26)30(40)34-21-23-8-12-25(33)13-9-23)37-16-5-17-38(19-18-37)31(41)36-32(2,3)4/h6-15,20H,5,16-19,21H2,1-4H3,(H,34,40)(H,35,39)(H,36,41). The van der Waals surface area contributed by atoms with Gasteiger partial charge < -0.3 is 25.8 Å². The van der Waals surface area contributed by atoms with E-state index in [2.05, 4.69) is 20.9 Å². The summed E-state index contributed by atoms with van der Waals surface area (Å²) in [7, 11) is 0. The molecule has 0 atom stereocenters. The van der Waals surface area contributed by atoms with Crippen LogP contribution in [0.15, 0.2) is 66.7 Å². The van der Waals surface area contributed by atoms with Crippen molar-refractivity contribution >= 4 is 29.2 Å². The molecule has 3 N–H and O–H groups in total. The maximum Gasteiger partial charge on any atom is 0.317 e. The summed E-state index contributed by atoms with van der Waals surface area (Å²) in [4.78, 5) is 43.1. The van der Waals surface area contributed by atoms with Crippen LogP contribution in [-0.4, -0.2) is 54.5 Å². The predicted octanol–water partition coefficient (Wildman–Crippen LogP) is 5.34. The van der Waals surface area contributed by atoms with Crippen molar-refractivity contribution in [1.29, 1.82) is 0 Å². The summed E-state index contributed by atoms with van der Waals surface area (Å²) in [5.41, 5.74) is 3.61.